The molecule has 1 saturated carbocycles. The van der Waals surface area contributed by atoms with Gasteiger partial charge in [-0.2, -0.15) is 5.10 Å². The molecular weight excluding hydrogens is 218 g/mol. The van der Waals surface area contributed by atoms with Gasteiger partial charge in [-0.1, -0.05) is 12.8 Å². The smallest absolute Gasteiger partial charge is 0.267 e. The molecular formula is C12H17N3O2. The van der Waals surface area contributed by atoms with Gasteiger partial charge in [-0.05, 0) is 25.0 Å². The van der Waals surface area contributed by atoms with Crippen molar-refractivity contribution in [2.24, 2.45) is 7.05 Å². The molecule has 1 aliphatic carbocycles. The van der Waals surface area contributed by atoms with Gasteiger partial charge in [-0.25, -0.2) is 5.48 Å². The van der Waals surface area contributed by atoms with Crippen LogP contribution in [0.15, 0.2) is 18.3 Å². The lowest BCUT2D eigenvalue weighted by Crippen LogP contribution is -2.26. The van der Waals surface area contributed by atoms with Gasteiger partial charge in [0.05, 0.1) is 11.8 Å². The summed E-state index contributed by atoms with van der Waals surface area (Å²) in [6.07, 6.45) is 9.47. The fourth-order valence-electron chi connectivity index (χ4n) is 1.89. The minimum Gasteiger partial charge on any atom is -0.270 e. The second-order valence-electron chi connectivity index (χ2n) is 4.20. The Kier molecular flexibility index (Phi) is 3.93. The number of hydrogen-bond donors (Lipinski definition) is 1. The SMILES string of the molecule is Cn1nccc1/C=C/C(=O)NOC1CCCC1. The molecule has 1 fully saturated rings. The molecule has 0 radical (unpaired) electrons. The molecule has 1 amide bonds. The maximum atomic E-state index is 11.5. The van der Waals surface area contributed by atoms with E-state index in [4.69, 9.17) is 4.84 Å². The summed E-state index contributed by atoms with van der Waals surface area (Å²) in [5.41, 5.74) is 3.33. The van der Waals surface area contributed by atoms with Gasteiger partial charge in [0.2, 0.25) is 0 Å². The summed E-state index contributed by atoms with van der Waals surface area (Å²) in [4.78, 5) is 16.7. The van der Waals surface area contributed by atoms with Crippen molar-refractivity contribution in [2.45, 2.75) is 31.8 Å². The van der Waals surface area contributed by atoms with Crippen LogP contribution in [-0.2, 0) is 16.7 Å². The van der Waals surface area contributed by atoms with E-state index in [-0.39, 0.29) is 12.0 Å². The van der Waals surface area contributed by atoms with Crippen molar-refractivity contribution in [3.8, 4) is 0 Å². The summed E-state index contributed by atoms with van der Waals surface area (Å²) in [5, 5.41) is 4.01. The largest absolute Gasteiger partial charge is 0.270 e. The summed E-state index contributed by atoms with van der Waals surface area (Å²) in [5.74, 6) is -0.238. The Hall–Kier alpha value is -1.62. The molecule has 0 bridgehead atoms. The number of nitrogens with zero attached hydrogens (tertiary/aromatic N) is 2. The van der Waals surface area contributed by atoms with E-state index in [0.29, 0.717) is 0 Å². The Balaban J connectivity index is 1.77. The third-order valence-corrected chi connectivity index (χ3v) is 2.89. The van der Waals surface area contributed by atoms with Crippen LogP contribution in [0, 0.1) is 0 Å². The summed E-state index contributed by atoms with van der Waals surface area (Å²) >= 11 is 0. The molecule has 1 N–H and O–H groups in total. The number of hydrogen-bond acceptors (Lipinski definition) is 3. The number of carbonyl (C=O) groups is 1. The predicted octanol–water partition coefficient (Wildman–Crippen LogP) is 1.42. The van der Waals surface area contributed by atoms with Gasteiger partial charge in [-0.3, -0.25) is 14.3 Å². The topological polar surface area (TPSA) is 56.2 Å². The van der Waals surface area contributed by atoms with Crippen LogP contribution in [0.25, 0.3) is 6.08 Å². The molecule has 1 heterocycles. The minimum atomic E-state index is -0.238. The lowest BCUT2D eigenvalue weighted by molar-refractivity contribution is -0.132. The fourth-order valence-corrected chi connectivity index (χ4v) is 1.89. The van der Waals surface area contributed by atoms with E-state index in [1.807, 2.05) is 13.1 Å². The minimum absolute atomic E-state index is 0.184. The maximum Gasteiger partial charge on any atom is 0.267 e. The van der Waals surface area contributed by atoms with Gasteiger partial charge >= 0.3 is 0 Å². The summed E-state index contributed by atoms with van der Waals surface area (Å²) in [6.45, 7) is 0. The number of rotatable bonds is 4. The molecule has 1 aliphatic rings. The van der Waals surface area contributed by atoms with Gasteiger partial charge in [0.1, 0.15) is 0 Å². The van der Waals surface area contributed by atoms with Gasteiger partial charge in [0, 0.05) is 19.3 Å². The molecule has 92 valence electrons. The first-order valence-electron chi connectivity index (χ1n) is 5.87. The van der Waals surface area contributed by atoms with E-state index >= 15 is 0 Å². The van der Waals surface area contributed by atoms with Crippen LogP contribution in [0.2, 0.25) is 0 Å². The number of nitrogens with one attached hydrogen (secondary N) is 1. The number of hydroxylamine groups is 1. The molecule has 2 rings (SSSR count). The Morgan fingerprint density at radius 2 is 2.35 bits per heavy atom. The average Bonchev–Trinajstić information content (AvgIpc) is 2.95. The molecule has 0 spiro atoms. The Labute approximate surface area is 100 Å². The Morgan fingerprint density at radius 1 is 1.59 bits per heavy atom. The van der Waals surface area contributed by atoms with Gasteiger partial charge in [-0.15, -0.1) is 0 Å². The highest BCUT2D eigenvalue weighted by Gasteiger charge is 2.16. The summed E-state index contributed by atoms with van der Waals surface area (Å²) in [6, 6.07) is 1.83. The van der Waals surface area contributed by atoms with Crippen LogP contribution in [0.1, 0.15) is 31.4 Å². The van der Waals surface area contributed by atoms with Gasteiger partial charge in [0.25, 0.3) is 5.91 Å². The van der Waals surface area contributed by atoms with Gasteiger partial charge < -0.3 is 0 Å². The molecule has 0 aliphatic heterocycles. The molecule has 1 aromatic rings. The molecule has 0 atom stereocenters. The first-order valence-corrected chi connectivity index (χ1v) is 5.87. The van der Waals surface area contributed by atoms with E-state index < -0.39 is 0 Å². The molecule has 1 aromatic heterocycles. The van der Waals surface area contributed by atoms with Crippen LogP contribution < -0.4 is 5.48 Å². The second-order valence-corrected chi connectivity index (χ2v) is 4.20. The normalized spacial score (nSPS) is 16.8. The van der Waals surface area contributed by atoms with Crippen LogP contribution in [0.4, 0.5) is 0 Å². The van der Waals surface area contributed by atoms with Crippen LogP contribution >= 0.6 is 0 Å². The molecule has 0 unspecified atom stereocenters. The zero-order valence-electron chi connectivity index (χ0n) is 9.93. The lowest BCUT2D eigenvalue weighted by Gasteiger charge is -2.09. The number of amides is 1. The zero-order chi connectivity index (χ0) is 12.1. The molecule has 5 heteroatoms. The van der Waals surface area contributed by atoms with E-state index in [2.05, 4.69) is 10.6 Å². The Morgan fingerprint density at radius 3 is 3.00 bits per heavy atom. The molecule has 17 heavy (non-hydrogen) atoms. The van der Waals surface area contributed by atoms with Crippen molar-refractivity contribution < 1.29 is 9.63 Å². The maximum absolute atomic E-state index is 11.5. The highest BCUT2D eigenvalue weighted by molar-refractivity contribution is 5.90. The second kappa shape index (κ2) is 5.63. The van der Waals surface area contributed by atoms with Crippen molar-refractivity contribution in [3.05, 3.63) is 24.0 Å². The zero-order valence-corrected chi connectivity index (χ0v) is 9.93. The third-order valence-electron chi connectivity index (χ3n) is 2.89. The first-order chi connectivity index (χ1) is 8.25. The number of aryl methyl sites for hydroxylation is 1. The highest BCUT2D eigenvalue weighted by atomic mass is 16.7. The predicted molar refractivity (Wildman–Crippen MR) is 63.7 cm³/mol. The Bertz CT molecular complexity index is 406. The number of carbonyl (C=O) groups excluding carboxylic acids is 1. The van der Waals surface area contributed by atoms with E-state index in [9.17, 15) is 4.79 Å². The van der Waals surface area contributed by atoms with Crippen molar-refractivity contribution in [2.75, 3.05) is 0 Å². The average molecular weight is 235 g/mol. The summed E-state index contributed by atoms with van der Waals surface area (Å²) < 4.78 is 1.70. The van der Waals surface area contributed by atoms with Crippen molar-refractivity contribution in [1.29, 1.82) is 0 Å². The van der Waals surface area contributed by atoms with Crippen LogP contribution in [0.5, 0.6) is 0 Å². The van der Waals surface area contributed by atoms with Crippen molar-refractivity contribution in [1.82, 2.24) is 15.3 Å². The van der Waals surface area contributed by atoms with Crippen molar-refractivity contribution in [3.63, 3.8) is 0 Å². The van der Waals surface area contributed by atoms with E-state index in [0.717, 1.165) is 18.5 Å². The monoisotopic (exact) mass is 235 g/mol. The number of aromatic nitrogens is 2. The first kappa shape index (κ1) is 11.9. The van der Waals surface area contributed by atoms with Crippen LogP contribution in [0.3, 0.4) is 0 Å². The standard InChI is InChI=1S/C12H17N3O2/c1-15-10(8-9-13-15)6-7-12(16)14-17-11-4-2-3-5-11/h6-9,11H,2-5H2,1H3,(H,14,16)/b7-6+. The van der Waals surface area contributed by atoms with E-state index in [1.165, 1.54) is 18.9 Å². The molecule has 0 aromatic carbocycles. The summed E-state index contributed by atoms with van der Waals surface area (Å²) in [7, 11) is 1.83. The van der Waals surface area contributed by atoms with E-state index in [1.54, 1.807) is 17.0 Å². The molecule has 5 nitrogen and oxygen atoms in total. The van der Waals surface area contributed by atoms with Crippen LogP contribution in [-0.4, -0.2) is 21.8 Å². The molecule has 0 saturated heterocycles. The lowest BCUT2D eigenvalue weighted by atomic mass is 10.3. The quantitative estimate of drug-likeness (QED) is 0.634. The third kappa shape index (κ3) is 3.42. The van der Waals surface area contributed by atoms with Crippen molar-refractivity contribution >= 4 is 12.0 Å². The fraction of sp³-hybridized carbons (Fsp3) is 0.500. The van der Waals surface area contributed by atoms with Gasteiger partial charge in [0.15, 0.2) is 0 Å². The highest BCUT2D eigenvalue weighted by Crippen LogP contribution is 2.19.